The molecule has 2 rings (SSSR count). The Kier molecular flexibility index (Phi) is 6.18. The standard InChI is InChI=1S/C20H22N2O4/c1-4-5-10-22-19(24)16(12-21)13(2)18(20(22)25)17(23)11-14-6-8-15(26-3)9-7-14/h6-9,25H,4-5,10-11H2,1-3H3. The lowest BCUT2D eigenvalue weighted by atomic mass is 9.97. The van der Waals surface area contributed by atoms with Gasteiger partial charge in [0, 0.05) is 13.0 Å². The van der Waals surface area contributed by atoms with Gasteiger partial charge in [-0.25, -0.2) is 0 Å². The van der Waals surface area contributed by atoms with Crippen molar-refractivity contribution in [3.05, 3.63) is 56.9 Å². The van der Waals surface area contributed by atoms with E-state index in [9.17, 15) is 20.0 Å². The van der Waals surface area contributed by atoms with Crippen molar-refractivity contribution in [2.24, 2.45) is 0 Å². The SMILES string of the molecule is CCCCn1c(O)c(C(=O)Cc2ccc(OC)cc2)c(C)c(C#N)c1=O. The minimum atomic E-state index is -0.558. The maximum Gasteiger partial charge on any atom is 0.271 e. The molecule has 1 heterocycles. The maximum atomic E-state index is 12.8. The number of carbonyl (C=O) groups excluding carboxylic acids is 1. The van der Waals surface area contributed by atoms with E-state index in [4.69, 9.17) is 4.74 Å². The number of pyridine rings is 1. The highest BCUT2D eigenvalue weighted by atomic mass is 16.5. The van der Waals surface area contributed by atoms with E-state index < -0.39 is 5.56 Å². The van der Waals surface area contributed by atoms with Gasteiger partial charge in [-0.1, -0.05) is 25.5 Å². The predicted octanol–water partition coefficient (Wildman–Crippen LogP) is 2.97. The minimum Gasteiger partial charge on any atom is -0.497 e. The Balaban J connectivity index is 2.47. The second-order valence-corrected chi connectivity index (χ2v) is 6.07. The molecule has 0 aliphatic carbocycles. The summed E-state index contributed by atoms with van der Waals surface area (Å²) in [7, 11) is 1.56. The zero-order valence-corrected chi connectivity index (χ0v) is 15.2. The molecule has 0 saturated heterocycles. The third-order valence-electron chi connectivity index (χ3n) is 4.34. The van der Waals surface area contributed by atoms with Crippen molar-refractivity contribution in [1.82, 2.24) is 4.57 Å². The van der Waals surface area contributed by atoms with Crippen molar-refractivity contribution in [3.8, 4) is 17.7 Å². The second-order valence-electron chi connectivity index (χ2n) is 6.07. The Bertz CT molecular complexity index is 905. The molecule has 0 unspecified atom stereocenters. The minimum absolute atomic E-state index is 0.0353. The van der Waals surface area contributed by atoms with Crippen LogP contribution in [0.1, 0.15) is 46.8 Å². The van der Waals surface area contributed by atoms with E-state index >= 15 is 0 Å². The van der Waals surface area contributed by atoms with Crippen LogP contribution in [0.2, 0.25) is 0 Å². The number of methoxy groups -OCH3 is 1. The van der Waals surface area contributed by atoms with Gasteiger partial charge in [0.1, 0.15) is 17.4 Å². The van der Waals surface area contributed by atoms with E-state index in [2.05, 4.69) is 0 Å². The molecule has 0 amide bonds. The van der Waals surface area contributed by atoms with Gasteiger partial charge in [0.2, 0.25) is 5.88 Å². The van der Waals surface area contributed by atoms with E-state index in [1.165, 1.54) is 6.92 Å². The summed E-state index contributed by atoms with van der Waals surface area (Å²) in [6.07, 6.45) is 1.53. The van der Waals surface area contributed by atoms with E-state index in [0.717, 1.165) is 16.6 Å². The highest BCUT2D eigenvalue weighted by molar-refractivity contribution is 6.01. The molecule has 0 saturated carbocycles. The molecule has 2 aromatic rings. The van der Waals surface area contributed by atoms with E-state index in [1.807, 2.05) is 13.0 Å². The van der Waals surface area contributed by atoms with Gasteiger partial charge in [0.05, 0.1) is 12.7 Å². The Morgan fingerprint density at radius 3 is 2.50 bits per heavy atom. The van der Waals surface area contributed by atoms with Crippen LogP contribution >= 0.6 is 0 Å². The number of aromatic nitrogens is 1. The lowest BCUT2D eigenvalue weighted by Crippen LogP contribution is -2.27. The van der Waals surface area contributed by atoms with Crippen molar-refractivity contribution in [1.29, 1.82) is 5.26 Å². The molecule has 1 aromatic heterocycles. The molecule has 1 aromatic carbocycles. The topological polar surface area (TPSA) is 92.3 Å². The van der Waals surface area contributed by atoms with Crippen LogP contribution in [0, 0.1) is 18.3 Å². The van der Waals surface area contributed by atoms with Gasteiger partial charge in [-0.15, -0.1) is 0 Å². The average molecular weight is 354 g/mol. The molecule has 0 fully saturated rings. The van der Waals surface area contributed by atoms with Gasteiger partial charge >= 0.3 is 0 Å². The third-order valence-corrected chi connectivity index (χ3v) is 4.34. The van der Waals surface area contributed by atoms with Crippen LogP contribution in [0.25, 0.3) is 0 Å². The number of aromatic hydroxyl groups is 1. The van der Waals surface area contributed by atoms with Crippen molar-refractivity contribution < 1.29 is 14.6 Å². The molecule has 0 aliphatic heterocycles. The number of Topliss-reactive ketones (excluding diaryl/α,β-unsaturated/α-hetero) is 1. The summed E-state index contributed by atoms with van der Waals surface area (Å²) in [6, 6.07) is 8.90. The van der Waals surface area contributed by atoms with Crippen molar-refractivity contribution in [3.63, 3.8) is 0 Å². The van der Waals surface area contributed by atoms with Crippen molar-refractivity contribution in [2.45, 2.75) is 39.7 Å². The highest BCUT2D eigenvalue weighted by Gasteiger charge is 2.23. The molecular formula is C20H22N2O4. The van der Waals surface area contributed by atoms with Crippen LogP contribution in [-0.2, 0) is 13.0 Å². The first-order valence-corrected chi connectivity index (χ1v) is 8.47. The molecular weight excluding hydrogens is 332 g/mol. The normalized spacial score (nSPS) is 10.4. The quantitative estimate of drug-likeness (QED) is 0.772. The fraction of sp³-hybridized carbons (Fsp3) is 0.350. The molecule has 0 atom stereocenters. The molecule has 6 nitrogen and oxygen atoms in total. The van der Waals surface area contributed by atoms with E-state index in [-0.39, 0.29) is 41.3 Å². The summed E-state index contributed by atoms with van der Waals surface area (Å²) in [4.78, 5) is 25.2. The smallest absolute Gasteiger partial charge is 0.271 e. The summed E-state index contributed by atoms with van der Waals surface area (Å²) in [5.74, 6) is -0.0227. The zero-order valence-electron chi connectivity index (χ0n) is 15.2. The van der Waals surface area contributed by atoms with Gasteiger partial charge in [0.15, 0.2) is 5.78 Å². The summed E-state index contributed by atoms with van der Waals surface area (Å²) in [5.41, 5.74) is 0.350. The molecule has 1 N–H and O–H groups in total. The Labute approximate surface area is 152 Å². The average Bonchev–Trinajstić information content (AvgIpc) is 2.62. The van der Waals surface area contributed by atoms with Crippen LogP contribution in [0.5, 0.6) is 11.6 Å². The first kappa shape index (κ1) is 19.3. The first-order chi connectivity index (χ1) is 12.4. The summed E-state index contributed by atoms with van der Waals surface area (Å²) < 4.78 is 6.22. The van der Waals surface area contributed by atoms with Crippen LogP contribution in [-0.4, -0.2) is 22.6 Å². The Hall–Kier alpha value is -3.07. The molecule has 0 spiro atoms. The summed E-state index contributed by atoms with van der Waals surface area (Å²) in [5, 5.41) is 19.9. The monoisotopic (exact) mass is 354 g/mol. The number of carbonyl (C=O) groups is 1. The molecule has 26 heavy (non-hydrogen) atoms. The number of unbranched alkanes of at least 4 members (excludes halogenated alkanes) is 1. The molecule has 0 radical (unpaired) electrons. The first-order valence-electron chi connectivity index (χ1n) is 8.47. The fourth-order valence-electron chi connectivity index (χ4n) is 2.83. The molecule has 0 aliphatic rings. The van der Waals surface area contributed by atoms with E-state index in [0.29, 0.717) is 12.2 Å². The van der Waals surface area contributed by atoms with Crippen molar-refractivity contribution in [2.75, 3.05) is 7.11 Å². The van der Waals surface area contributed by atoms with Gasteiger partial charge in [-0.2, -0.15) is 5.26 Å². The van der Waals surface area contributed by atoms with Gasteiger partial charge in [0.25, 0.3) is 5.56 Å². The van der Waals surface area contributed by atoms with Crippen LogP contribution < -0.4 is 10.3 Å². The lowest BCUT2D eigenvalue weighted by molar-refractivity contribution is 0.0988. The van der Waals surface area contributed by atoms with Crippen molar-refractivity contribution >= 4 is 5.78 Å². The molecule has 0 bridgehead atoms. The lowest BCUT2D eigenvalue weighted by Gasteiger charge is -2.15. The number of hydrogen-bond acceptors (Lipinski definition) is 5. The Morgan fingerprint density at radius 2 is 1.96 bits per heavy atom. The number of nitrogens with zero attached hydrogens (tertiary/aromatic N) is 2. The predicted molar refractivity (Wildman–Crippen MR) is 97.8 cm³/mol. The number of rotatable bonds is 7. The van der Waals surface area contributed by atoms with Gasteiger partial charge in [-0.05, 0) is 36.6 Å². The third kappa shape index (κ3) is 3.77. The molecule has 136 valence electrons. The van der Waals surface area contributed by atoms with Gasteiger partial charge in [-0.3, -0.25) is 14.2 Å². The zero-order chi connectivity index (χ0) is 19.3. The summed E-state index contributed by atoms with van der Waals surface area (Å²) >= 11 is 0. The van der Waals surface area contributed by atoms with E-state index in [1.54, 1.807) is 31.4 Å². The number of benzene rings is 1. The number of ether oxygens (including phenoxy) is 1. The van der Waals surface area contributed by atoms with Crippen LogP contribution in [0.15, 0.2) is 29.1 Å². The Morgan fingerprint density at radius 1 is 1.31 bits per heavy atom. The number of ketones is 1. The van der Waals surface area contributed by atoms with Gasteiger partial charge < -0.3 is 9.84 Å². The molecule has 6 heteroatoms. The van der Waals surface area contributed by atoms with Crippen LogP contribution in [0.4, 0.5) is 0 Å². The second kappa shape index (κ2) is 8.34. The van der Waals surface area contributed by atoms with Crippen LogP contribution in [0.3, 0.4) is 0 Å². The fourth-order valence-corrected chi connectivity index (χ4v) is 2.83. The number of hydrogen-bond donors (Lipinski definition) is 1. The number of nitriles is 1. The largest absolute Gasteiger partial charge is 0.497 e. The maximum absolute atomic E-state index is 12.8. The highest BCUT2D eigenvalue weighted by Crippen LogP contribution is 2.24. The summed E-state index contributed by atoms with van der Waals surface area (Å²) in [6.45, 7) is 3.74.